The van der Waals surface area contributed by atoms with Crippen molar-refractivity contribution in [1.29, 1.82) is 0 Å². The van der Waals surface area contributed by atoms with E-state index >= 15 is 0 Å². The third-order valence-corrected chi connectivity index (χ3v) is 8.66. The number of aliphatic hydroxyl groups is 1. The van der Waals surface area contributed by atoms with Crippen molar-refractivity contribution in [2.24, 2.45) is 34.5 Å². The topological polar surface area (TPSA) is 37.3 Å². The molecule has 0 bridgehead atoms. The lowest BCUT2D eigenvalue weighted by atomic mass is 9.46. The molecule has 25 heavy (non-hydrogen) atoms. The fourth-order valence-corrected chi connectivity index (χ4v) is 7.49. The maximum absolute atomic E-state index is 14.3. The van der Waals surface area contributed by atoms with Gasteiger partial charge in [-0.3, -0.25) is 4.79 Å². The van der Waals surface area contributed by atoms with Gasteiger partial charge in [0.1, 0.15) is 6.10 Å². The van der Waals surface area contributed by atoms with Crippen molar-refractivity contribution in [2.75, 3.05) is 0 Å². The molecule has 0 aromatic heterocycles. The number of alkyl halides is 2. The Hall–Kier alpha value is -0.770. The molecule has 0 aromatic carbocycles. The molecule has 0 amide bonds. The Labute approximate surface area is 149 Å². The van der Waals surface area contributed by atoms with Crippen LogP contribution in [0.3, 0.4) is 0 Å². The van der Waals surface area contributed by atoms with Gasteiger partial charge in [0.05, 0.1) is 0 Å². The maximum atomic E-state index is 14.3. The lowest BCUT2D eigenvalue weighted by Gasteiger charge is -2.58. The van der Waals surface area contributed by atoms with E-state index in [4.69, 9.17) is 0 Å². The van der Waals surface area contributed by atoms with Crippen molar-refractivity contribution in [3.05, 3.63) is 11.6 Å². The van der Waals surface area contributed by atoms with E-state index in [1.54, 1.807) is 6.08 Å². The molecule has 1 N–H and O–H groups in total. The highest BCUT2D eigenvalue weighted by molar-refractivity contribution is 5.95. The minimum Gasteiger partial charge on any atom is -0.385 e. The Morgan fingerprint density at radius 2 is 2.00 bits per heavy atom. The van der Waals surface area contributed by atoms with Crippen LogP contribution in [0.5, 0.6) is 0 Å². The van der Waals surface area contributed by atoms with Crippen LogP contribution in [0.4, 0.5) is 8.78 Å². The molecule has 4 aliphatic rings. The lowest BCUT2D eigenvalue weighted by molar-refractivity contribution is -0.144. The number of hydrogen-bond donors (Lipinski definition) is 1. The van der Waals surface area contributed by atoms with E-state index in [0.29, 0.717) is 24.7 Å². The average molecular weight is 352 g/mol. The highest BCUT2D eigenvalue weighted by Crippen LogP contribution is 2.68. The summed E-state index contributed by atoms with van der Waals surface area (Å²) < 4.78 is 28.6. The van der Waals surface area contributed by atoms with E-state index in [1.165, 1.54) is 5.57 Å². The molecule has 0 radical (unpaired) electrons. The number of aliphatic hydroxyl groups excluding tert-OH is 1. The van der Waals surface area contributed by atoms with Crippen molar-refractivity contribution in [3.8, 4) is 0 Å². The predicted octanol–water partition coefficient (Wildman–Crippen LogP) is 4.76. The van der Waals surface area contributed by atoms with Crippen molar-refractivity contribution in [2.45, 2.75) is 77.7 Å². The highest BCUT2D eigenvalue weighted by atomic mass is 19.3. The first-order valence-electron chi connectivity index (χ1n) is 10.1. The van der Waals surface area contributed by atoms with E-state index in [0.717, 1.165) is 38.5 Å². The summed E-state index contributed by atoms with van der Waals surface area (Å²) in [5.41, 5.74) is 0.199. The van der Waals surface area contributed by atoms with E-state index in [-0.39, 0.29) is 23.0 Å². The third-order valence-electron chi connectivity index (χ3n) is 8.66. The molecule has 0 heterocycles. The molecule has 0 saturated heterocycles. The first kappa shape index (κ1) is 17.6. The number of allylic oxidation sites excluding steroid dienone is 1. The standard InChI is InChI=1S/C21H30F2O2/c1-3-12-5-7-16-14-6-4-13-10-17(24)18(25)11-20(13,2)15(14)8-9-21(12,16)19(22)23/h10,12,14-16,18-19,25H,3-9,11H2,1-2H3/t12-,14+,15-,16-,18?,20-,21-/m0/s1. The highest BCUT2D eigenvalue weighted by Gasteiger charge is 2.64. The smallest absolute Gasteiger partial charge is 0.244 e. The van der Waals surface area contributed by atoms with Gasteiger partial charge in [0.15, 0.2) is 5.78 Å². The normalized spacial score (nSPS) is 49.4. The molecular formula is C21H30F2O2. The van der Waals surface area contributed by atoms with Crippen LogP contribution in [0.1, 0.15) is 65.2 Å². The van der Waals surface area contributed by atoms with E-state index in [9.17, 15) is 18.7 Å². The van der Waals surface area contributed by atoms with Crippen LogP contribution in [0.25, 0.3) is 0 Å². The third kappa shape index (κ3) is 2.25. The second kappa shape index (κ2) is 5.87. The Morgan fingerprint density at radius 1 is 1.24 bits per heavy atom. The van der Waals surface area contributed by atoms with Gasteiger partial charge in [-0.25, -0.2) is 8.78 Å². The number of hydrogen-bond acceptors (Lipinski definition) is 2. The Morgan fingerprint density at radius 3 is 2.68 bits per heavy atom. The molecule has 140 valence electrons. The quantitative estimate of drug-likeness (QED) is 0.778. The van der Waals surface area contributed by atoms with Crippen LogP contribution >= 0.6 is 0 Å². The summed E-state index contributed by atoms with van der Waals surface area (Å²) in [6.45, 7) is 4.24. The Kier molecular flexibility index (Phi) is 4.14. The minimum atomic E-state index is -2.23. The molecule has 4 aliphatic carbocycles. The van der Waals surface area contributed by atoms with Gasteiger partial charge in [-0.15, -0.1) is 0 Å². The van der Waals surface area contributed by atoms with E-state index in [1.807, 2.05) is 0 Å². The van der Waals surface area contributed by atoms with E-state index in [2.05, 4.69) is 13.8 Å². The zero-order valence-electron chi connectivity index (χ0n) is 15.3. The summed E-state index contributed by atoms with van der Waals surface area (Å²) in [6, 6.07) is 0. The SMILES string of the molecule is CC[C@H]1CC[C@H]2[C@@H]3CCC4=CC(=O)C(O)C[C@]4(C)[C@H]3CC[C@]12C(F)F. The summed E-state index contributed by atoms with van der Waals surface area (Å²) in [5.74, 6) is 0.756. The molecule has 0 aliphatic heterocycles. The van der Waals surface area contributed by atoms with Gasteiger partial charge in [0.2, 0.25) is 6.43 Å². The zero-order chi connectivity index (χ0) is 18.0. The maximum Gasteiger partial charge on any atom is 0.244 e. The van der Waals surface area contributed by atoms with Gasteiger partial charge in [0, 0.05) is 5.41 Å². The molecule has 3 fully saturated rings. The fraction of sp³-hybridized carbons (Fsp3) is 0.857. The second-order valence-corrected chi connectivity index (χ2v) is 9.26. The number of ketones is 1. The second-order valence-electron chi connectivity index (χ2n) is 9.26. The molecule has 3 saturated carbocycles. The molecule has 0 spiro atoms. The van der Waals surface area contributed by atoms with Crippen LogP contribution < -0.4 is 0 Å². The van der Waals surface area contributed by atoms with Gasteiger partial charge >= 0.3 is 0 Å². The van der Waals surface area contributed by atoms with Crippen LogP contribution in [-0.2, 0) is 4.79 Å². The van der Waals surface area contributed by atoms with Crippen molar-refractivity contribution >= 4 is 5.78 Å². The number of fused-ring (bicyclic) bond motifs is 5. The Bertz CT molecular complexity index is 601. The van der Waals surface area contributed by atoms with Crippen molar-refractivity contribution in [1.82, 2.24) is 0 Å². The van der Waals surface area contributed by atoms with Crippen molar-refractivity contribution in [3.63, 3.8) is 0 Å². The summed E-state index contributed by atoms with van der Waals surface area (Å²) in [7, 11) is 0. The molecule has 2 nitrogen and oxygen atoms in total. The number of rotatable bonds is 2. The number of halogens is 2. The van der Waals surface area contributed by atoms with Gasteiger partial charge < -0.3 is 5.11 Å². The molecule has 1 unspecified atom stereocenters. The summed E-state index contributed by atoms with van der Waals surface area (Å²) in [6.07, 6.45) is 4.93. The first-order valence-corrected chi connectivity index (χ1v) is 10.1. The Balaban J connectivity index is 1.70. The van der Waals surface area contributed by atoms with E-state index < -0.39 is 17.9 Å². The van der Waals surface area contributed by atoms with Gasteiger partial charge in [0.25, 0.3) is 0 Å². The van der Waals surface area contributed by atoms with Crippen LogP contribution in [0.15, 0.2) is 11.6 Å². The monoisotopic (exact) mass is 352 g/mol. The molecular weight excluding hydrogens is 322 g/mol. The first-order chi connectivity index (χ1) is 11.8. The van der Waals surface area contributed by atoms with Crippen LogP contribution in [-0.4, -0.2) is 23.4 Å². The fourth-order valence-electron chi connectivity index (χ4n) is 7.49. The molecule has 0 aromatic rings. The summed E-state index contributed by atoms with van der Waals surface area (Å²) in [5, 5.41) is 10.2. The van der Waals surface area contributed by atoms with Crippen LogP contribution in [0, 0.1) is 34.5 Å². The average Bonchev–Trinajstić information content (AvgIpc) is 2.96. The molecule has 4 heteroatoms. The summed E-state index contributed by atoms with van der Waals surface area (Å²) in [4.78, 5) is 11.9. The number of carbonyl (C=O) groups is 1. The van der Waals surface area contributed by atoms with Crippen molar-refractivity contribution < 1.29 is 18.7 Å². The van der Waals surface area contributed by atoms with Crippen LogP contribution in [0.2, 0.25) is 0 Å². The van der Waals surface area contributed by atoms with Gasteiger partial charge in [-0.05, 0) is 80.1 Å². The largest absolute Gasteiger partial charge is 0.385 e. The summed E-state index contributed by atoms with van der Waals surface area (Å²) >= 11 is 0. The van der Waals surface area contributed by atoms with Gasteiger partial charge in [-0.2, -0.15) is 0 Å². The number of carbonyl (C=O) groups excluding carboxylic acids is 1. The molecule has 4 rings (SSSR count). The lowest BCUT2D eigenvalue weighted by Crippen LogP contribution is -2.54. The predicted molar refractivity (Wildman–Crippen MR) is 92.2 cm³/mol. The molecule has 7 atom stereocenters. The zero-order valence-corrected chi connectivity index (χ0v) is 15.3. The minimum absolute atomic E-state index is 0.115. The van der Waals surface area contributed by atoms with Gasteiger partial charge in [-0.1, -0.05) is 25.8 Å².